The molecule has 0 heterocycles. The van der Waals surface area contributed by atoms with E-state index in [1.807, 2.05) is 0 Å². The summed E-state index contributed by atoms with van der Waals surface area (Å²) in [6, 6.07) is 5.22. The first kappa shape index (κ1) is 19.1. The minimum atomic E-state index is -0.970. The van der Waals surface area contributed by atoms with Gasteiger partial charge in [0.05, 0.1) is 14.2 Å². The molecule has 8 nitrogen and oxygen atoms in total. The molecule has 0 radical (unpaired) electrons. The van der Waals surface area contributed by atoms with Crippen LogP contribution in [0.3, 0.4) is 0 Å². The zero-order chi connectivity index (χ0) is 17.9. The van der Waals surface area contributed by atoms with Gasteiger partial charge in [0, 0.05) is 12.0 Å². The molecule has 0 aliphatic heterocycles. The summed E-state index contributed by atoms with van der Waals surface area (Å²) in [5.74, 6) is -1.30. The maximum Gasteiger partial charge on any atom is 0.328 e. The van der Waals surface area contributed by atoms with E-state index in [1.54, 1.807) is 24.3 Å². The summed E-state index contributed by atoms with van der Waals surface area (Å²) in [5.41, 5.74) is 0.486. The number of hydrogen-bond donors (Lipinski definition) is 1. The van der Waals surface area contributed by atoms with E-state index in [1.165, 1.54) is 14.2 Å². The predicted octanol–water partition coefficient (Wildman–Crippen LogP) is 0.489. The molecule has 0 aliphatic rings. The summed E-state index contributed by atoms with van der Waals surface area (Å²) in [6.45, 7) is -0.327. The fourth-order valence-electron chi connectivity index (χ4n) is 1.78. The topological polar surface area (TPSA) is 108 Å². The molecule has 1 N–H and O–H groups in total. The van der Waals surface area contributed by atoms with Crippen molar-refractivity contribution in [1.29, 1.82) is 0 Å². The number of aldehydes is 1. The third kappa shape index (κ3) is 6.47. The van der Waals surface area contributed by atoms with Crippen LogP contribution in [0, 0.1) is 0 Å². The normalized spacial score (nSPS) is 11.1. The molecule has 0 aromatic heterocycles. The van der Waals surface area contributed by atoms with Gasteiger partial charge in [0.1, 0.15) is 18.1 Å². The average Bonchev–Trinajstić information content (AvgIpc) is 2.62. The molecular formula is C16H19NO7. The molecule has 0 saturated heterocycles. The molecule has 0 fully saturated rings. The van der Waals surface area contributed by atoms with Crippen molar-refractivity contribution in [2.45, 2.75) is 18.9 Å². The number of rotatable bonds is 9. The van der Waals surface area contributed by atoms with Crippen molar-refractivity contribution in [3.8, 4) is 5.75 Å². The van der Waals surface area contributed by atoms with Gasteiger partial charge in [0.2, 0.25) is 0 Å². The Kier molecular flexibility index (Phi) is 7.97. The Morgan fingerprint density at radius 3 is 2.33 bits per heavy atom. The molecule has 1 amide bonds. The highest BCUT2D eigenvalue weighted by atomic mass is 16.5. The quantitative estimate of drug-likeness (QED) is 0.516. The Bertz CT molecular complexity index is 583. The number of ether oxygens (including phenoxy) is 3. The highest BCUT2D eigenvalue weighted by Crippen LogP contribution is 2.11. The molecule has 1 atom stereocenters. The van der Waals surface area contributed by atoms with Gasteiger partial charge in [-0.3, -0.25) is 14.4 Å². The summed E-state index contributed by atoms with van der Waals surface area (Å²) in [7, 11) is 2.42. The van der Waals surface area contributed by atoms with E-state index >= 15 is 0 Å². The maximum atomic E-state index is 11.9. The van der Waals surface area contributed by atoms with Gasteiger partial charge in [-0.25, -0.2) is 4.79 Å². The first-order chi connectivity index (χ1) is 11.5. The van der Waals surface area contributed by atoms with Crippen LogP contribution in [0.25, 0.3) is 0 Å². The van der Waals surface area contributed by atoms with Crippen LogP contribution in [-0.4, -0.2) is 51.0 Å². The highest BCUT2D eigenvalue weighted by Gasteiger charge is 2.22. The molecular weight excluding hydrogens is 318 g/mol. The van der Waals surface area contributed by atoms with Crippen LogP contribution < -0.4 is 10.1 Å². The minimum absolute atomic E-state index is 0.0371. The van der Waals surface area contributed by atoms with Gasteiger partial charge in [-0.2, -0.15) is 0 Å². The summed E-state index contributed by atoms with van der Waals surface area (Å²) in [6.07, 6.45) is 0.711. The molecule has 1 rings (SSSR count). The van der Waals surface area contributed by atoms with E-state index in [0.29, 0.717) is 17.6 Å². The van der Waals surface area contributed by atoms with Crippen LogP contribution in [0.1, 0.15) is 23.2 Å². The van der Waals surface area contributed by atoms with Gasteiger partial charge in [-0.15, -0.1) is 0 Å². The van der Waals surface area contributed by atoms with Crippen molar-refractivity contribution in [1.82, 2.24) is 5.32 Å². The van der Waals surface area contributed by atoms with Crippen LogP contribution in [0.4, 0.5) is 0 Å². The molecule has 0 spiro atoms. The summed E-state index contributed by atoms with van der Waals surface area (Å²) >= 11 is 0. The molecule has 130 valence electrons. The Labute approximate surface area is 139 Å². The zero-order valence-electron chi connectivity index (χ0n) is 13.4. The van der Waals surface area contributed by atoms with Crippen molar-refractivity contribution in [2.24, 2.45) is 0 Å². The predicted molar refractivity (Wildman–Crippen MR) is 82.5 cm³/mol. The zero-order valence-corrected chi connectivity index (χ0v) is 13.4. The Morgan fingerprint density at radius 2 is 1.79 bits per heavy atom. The first-order valence-electron chi connectivity index (χ1n) is 7.12. The van der Waals surface area contributed by atoms with Crippen molar-refractivity contribution in [3.05, 3.63) is 29.8 Å². The van der Waals surface area contributed by atoms with E-state index in [4.69, 9.17) is 4.74 Å². The fraction of sp³-hybridized carbons (Fsp3) is 0.375. The lowest BCUT2D eigenvalue weighted by Crippen LogP contribution is -2.43. The third-order valence-corrected chi connectivity index (χ3v) is 3.07. The minimum Gasteiger partial charge on any atom is -0.484 e. The number of carbonyl (C=O) groups excluding carboxylic acids is 4. The van der Waals surface area contributed by atoms with Crippen molar-refractivity contribution in [3.63, 3.8) is 0 Å². The average molecular weight is 337 g/mol. The molecule has 24 heavy (non-hydrogen) atoms. The Hall–Kier alpha value is -2.90. The van der Waals surface area contributed by atoms with Gasteiger partial charge < -0.3 is 19.5 Å². The van der Waals surface area contributed by atoms with E-state index in [-0.39, 0.29) is 19.4 Å². The van der Waals surface area contributed by atoms with Crippen LogP contribution in [-0.2, 0) is 23.9 Å². The van der Waals surface area contributed by atoms with Crippen molar-refractivity contribution in [2.75, 3.05) is 20.8 Å². The number of methoxy groups -OCH3 is 2. The lowest BCUT2D eigenvalue weighted by atomic mass is 10.1. The number of hydrogen-bond acceptors (Lipinski definition) is 7. The van der Waals surface area contributed by atoms with E-state index in [2.05, 4.69) is 14.8 Å². The molecule has 0 unspecified atom stereocenters. The SMILES string of the molecule is COC(=O)CC[C@@H](NC(=O)COc1ccc(C=O)cc1)C(=O)OC. The van der Waals surface area contributed by atoms with Crippen molar-refractivity contribution < 1.29 is 33.4 Å². The van der Waals surface area contributed by atoms with Crippen molar-refractivity contribution >= 4 is 24.1 Å². The lowest BCUT2D eigenvalue weighted by Gasteiger charge is -2.16. The number of esters is 2. The second kappa shape index (κ2) is 9.98. The molecule has 0 aliphatic carbocycles. The standard InChI is InChI=1S/C16H19NO7/c1-22-15(20)8-7-13(16(21)23-2)17-14(19)10-24-12-5-3-11(9-18)4-6-12/h3-6,9,13H,7-8,10H2,1-2H3,(H,17,19)/t13-/m1/s1. The summed E-state index contributed by atoms with van der Waals surface area (Å²) < 4.78 is 14.3. The monoisotopic (exact) mass is 337 g/mol. The van der Waals surface area contributed by atoms with Crippen LogP contribution in [0.2, 0.25) is 0 Å². The number of nitrogens with one attached hydrogen (secondary N) is 1. The lowest BCUT2D eigenvalue weighted by molar-refractivity contribution is -0.146. The van der Waals surface area contributed by atoms with E-state index < -0.39 is 23.9 Å². The fourth-order valence-corrected chi connectivity index (χ4v) is 1.78. The summed E-state index contributed by atoms with van der Waals surface area (Å²) in [5, 5.41) is 2.44. The molecule has 0 saturated carbocycles. The van der Waals surface area contributed by atoms with Crippen LogP contribution in [0.15, 0.2) is 24.3 Å². The highest BCUT2D eigenvalue weighted by molar-refractivity contribution is 5.85. The molecule has 1 aromatic carbocycles. The van der Waals surface area contributed by atoms with Gasteiger partial charge in [0.25, 0.3) is 5.91 Å². The molecule has 8 heteroatoms. The molecule has 1 aromatic rings. The van der Waals surface area contributed by atoms with E-state index in [9.17, 15) is 19.2 Å². The smallest absolute Gasteiger partial charge is 0.328 e. The number of carbonyl (C=O) groups is 4. The largest absolute Gasteiger partial charge is 0.484 e. The molecule has 0 bridgehead atoms. The van der Waals surface area contributed by atoms with Gasteiger partial charge >= 0.3 is 11.9 Å². The first-order valence-corrected chi connectivity index (χ1v) is 7.12. The van der Waals surface area contributed by atoms with Crippen LogP contribution >= 0.6 is 0 Å². The number of amides is 1. The van der Waals surface area contributed by atoms with Gasteiger partial charge in [-0.1, -0.05) is 0 Å². The van der Waals surface area contributed by atoms with Gasteiger partial charge in [0.15, 0.2) is 6.61 Å². The Balaban J connectivity index is 2.52. The number of benzene rings is 1. The summed E-state index contributed by atoms with van der Waals surface area (Å²) in [4.78, 5) is 45.2. The second-order valence-corrected chi connectivity index (χ2v) is 4.73. The maximum absolute atomic E-state index is 11.9. The third-order valence-electron chi connectivity index (χ3n) is 3.07. The van der Waals surface area contributed by atoms with Crippen LogP contribution in [0.5, 0.6) is 5.75 Å². The van der Waals surface area contributed by atoms with Gasteiger partial charge in [-0.05, 0) is 30.7 Å². The second-order valence-electron chi connectivity index (χ2n) is 4.73. The van der Waals surface area contributed by atoms with E-state index in [0.717, 1.165) is 0 Å². The Morgan fingerprint density at radius 1 is 1.12 bits per heavy atom.